The Balaban J connectivity index is 1.60. The van der Waals surface area contributed by atoms with Gasteiger partial charge < -0.3 is 20.2 Å². The summed E-state index contributed by atoms with van der Waals surface area (Å²) in [4.78, 5) is 20.6. The van der Waals surface area contributed by atoms with Crippen molar-refractivity contribution in [3.05, 3.63) is 18.3 Å². The lowest BCUT2D eigenvalue weighted by molar-refractivity contribution is 0.166. The summed E-state index contributed by atoms with van der Waals surface area (Å²) in [6, 6.07) is 3.64. The number of hydrogen-bond acceptors (Lipinski definition) is 4. The first kappa shape index (κ1) is 14.1. The zero-order valence-corrected chi connectivity index (χ0v) is 12.2. The number of amides is 2. The maximum Gasteiger partial charge on any atom is 0.322 e. The maximum absolute atomic E-state index is 12.2. The monoisotopic (exact) mass is 290 g/mol. The van der Waals surface area contributed by atoms with Crippen LogP contribution in [-0.2, 0) is 0 Å². The normalized spacial score (nSPS) is 21.9. The molecular formula is C15H22N4O2. The highest BCUT2D eigenvalue weighted by atomic mass is 16.3. The summed E-state index contributed by atoms with van der Waals surface area (Å²) in [6.07, 6.45) is 5.96. The second-order valence-corrected chi connectivity index (χ2v) is 5.70. The Hall–Kier alpha value is -1.82. The van der Waals surface area contributed by atoms with E-state index in [4.69, 9.17) is 0 Å². The number of aromatic nitrogens is 1. The fourth-order valence-corrected chi connectivity index (χ4v) is 3.08. The Bertz CT molecular complexity index is 485. The van der Waals surface area contributed by atoms with E-state index in [1.165, 1.54) is 12.8 Å². The van der Waals surface area contributed by atoms with Gasteiger partial charge >= 0.3 is 6.03 Å². The predicted octanol–water partition coefficient (Wildman–Crippen LogP) is 1.67. The van der Waals surface area contributed by atoms with Crippen molar-refractivity contribution >= 4 is 17.5 Å². The standard InChI is InChI=1S/C15H22N4O2/c20-11-13-4-3-9-19(13)15(21)17-12-5-6-14(16-10-12)18-7-1-2-8-18/h5-6,10,13,20H,1-4,7-9,11H2,(H,17,21)/t13-/m0/s1. The molecule has 0 saturated carbocycles. The third-order valence-corrected chi connectivity index (χ3v) is 4.28. The van der Waals surface area contributed by atoms with Gasteiger partial charge in [-0.15, -0.1) is 0 Å². The molecule has 0 aromatic carbocycles. The molecule has 2 N–H and O–H groups in total. The SMILES string of the molecule is O=C(Nc1ccc(N2CCCC2)nc1)N1CCC[C@H]1CO. The summed E-state index contributed by atoms with van der Waals surface area (Å²) in [7, 11) is 0. The molecule has 2 aliphatic rings. The largest absolute Gasteiger partial charge is 0.394 e. The molecule has 2 saturated heterocycles. The first-order valence-corrected chi connectivity index (χ1v) is 7.67. The van der Waals surface area contributed by atoms with Crippen molar-refractivity contribution in [3.8, 4) is 0 Å². The molecular weight excluding hydrogens is 268 g/mol. The number of carbonyl (C=O) groups is 1. The quantitative estimate of drug-likeness (QED) is 0.888. The third-order valence-electron chi connectivity index (χ3n) is 4.28. The van der Waals surface area contributed by atoms with Crippen LogP contribution in [0.3, 0.4) is 0 Å². The summed E-state index contributed by atoms with van der Waals surface area (Å²) in [5, 5.41) is 12.1. The van der Waals surface area contributed by atoms with Crippen LogP contribution in [-0.4, -0.2) is 53.3 Å². The lowest BCUT2D eigenvalue weighted by atomic mass is 10.2. The average Bonchev–Trinajstić information content (AvgIpc) is 3.19. The minimum atomic E-state index is -0.151. The molecule has 1 aromatic rings. The van der Waals surface area contributed by atoms with Crippen molar-refractivity contribution in [2.45, 2.75) is 31.7 Å². The highest BCUT2D eigenvalue weighted by molar-refractivity contribution is 5.89. The van der Waals surface area contributed by atoms with Gasteiger partial charge in [0.25, 0.3) is 0 Å². The lowest BCUT2D eigenvalue weighted by Gasteiger charge is -2.23. The molecule has 1 atom stereocenters. The Labute approximate surface area is 124 Å². The second kappa shape index (κ2) is 6.30. The van der Waals surface area contributed by atoms with Gasteiger partial charge in [0.15, 0.2) is 0 Å². The van der Waals surface area contributed by atoms with E-state index in [9.17, 15) is 9.90 Å². The van der Waals surface area contributed by atoms with E-state index in [-0.39, 0.29) is 18.7 Å². The molecule has 114 valence electrons. The van der Waals surface area contributed by atoms with Crippen LogP contribution >= 0.6 is 0 Å². The van der Waals surface area contributed by atoms with Crippen molar-refractivity contribution in [3.63, 3.8) is 0 Å². The van der Waals surface area contributed by atoms with E-state index in [0.717, 1.165) is 31.7 Å². The van der Waals surface area contributed by atoms with E-state index < -0.39 is 0 Å². The van der Waals surface area contributed by atoms with Crippen molar-refractivity contribution in [1.82, 2.24) is 9.88 Å². The summed E-state index contributed by atoms with van der Waals surface area (Å²) < 4.78 is 0. The zero-order valence-electron chi connectivity index (χ0n) is 12.2. The first-order chi connectivity index (χ1) is 10.3. The number of anilines is 2. The molecule has 0 spiro atoms. The number of aliphatic hydroxyl groups is 1. The first-order valence-electron chi connectivity index (χ1n) is 7.67. The van der Waals surface area contributed by atoms with Gasteiger partial charge in [-0.3, -0.25) is 0 Å². The van der Waals surface area contributed by atoms with Crippen LogP contribution in [0.25, 0.3) is 0 Å². The number of aliphatic hydroxyl groups excluding tert-OH is 1. The molecule has 3 heterocycles. The van der Waals surface area contributed by atoms with Gasteiger partial charge in [0, 0.05) is 19.6 Å². The molecule has 2 fully saturated rings. The van der Waals surface area contributed by atoms with Gasteiger partial charge in [-0.1, -0.05) is 0 Å². The van der Waals surface area contributed by atoms with Crippen molar-refractivity contribution in [1.29, 1.82) is 0 Å². The zero-order chi connectivity index (χ0) is 14.7. The fourth-order valence-electron chi connectivity index (χ4n) is 3.08. The number of hydrogen-bond donors (Lipinski definition) is 2. The molecule has 0 radical (unpaired) electrons. The lowest BCUT2D eigenvalue weighted by Crippen LogP contribution is -2.40. The molecule has 3 rings (SSSR count). The average molecular weight is 290 g/mol. The molecule has 2 amide bonds. The summed E-state index contributed by atoms with van der Waals surface area (Å²) in [5.74, 6) is 0.972. The third kappa shape index (κ3) is 3.10. The Morgan fingerprint density at radius 1 is 1.29 bits per heavy atom. The van der Waals surface area contributed by atoms with Gasteiger partial charge in [-0.2, -0.15) is 0 Å². The van der Waals surface area contributed by atoms with Crippen molar-refractivity contribution < 1.29 is 9.90 Å². The molecule has 6 heteroatoms. The highest BCUT2D eigenvalue weighted by Gasteiger charge is 2.28. The molecule has 0 bridgehead atoms. The number of carbonyl (C=O) groups excluding carboxylic acids is 1. The van der Waals surface area contributed by atoms with Crippen molar-refractivity contribution in [2.24, 2.45) is 0 Å². The summed E-state index contributed by atoms with van der Waals surface area (Å²) in [5.41, 5.74) is 0.700. The maximum atomic E-state index is 12.2. The minimum Gasteiger partial charge on any atom is -0.394 e. The number of rotatable bonds is 3. The highest BCUT2D eigenvalue weighted by Crippen LogP contribution is 2.21. The number of pyridine rings is 1. The smallest absolute Gasteiger partial charge is 0.322 e. The molecule has 2 aliphatic heterocycles. The number of likely N-dealkylation sites (tertiary alicyclic amines) is 1. The van der Waals surface area contributed by atoms with Crippen LogP contribution in [0.5, 0.6) is 0 Å². The minimum absolute atomic E-state index is 0.0273. The molecule has 21 heavy (non-hydrogen) atoms. The molecule has 0 unspecified atom stereocenters. The van der Waals surface area contributed by atoms with Gasteiger partial charge in [0.1, 0.15) is 5.82 Å². The Morgan fingerprint density at radius 3 is 2.76 bits per heavy atom. The van der Waals surface area contributed by atoms with Gasteiger partial charge in [0.05, 0.1) is 24.5 Å². The van der Waals surface area contributed by atoms with Crippen LogP contribution in [0.2, 0.25) is 0 Å². The van der Waals surface area contributed by atoms with Crippen LogP contribution in [0, 0.1) is 0 Å². The second-order valence-electron chi connectivity index (χ2n) is 5.70. The summed E-state index contributed by atoms with van der Waals surface area (Å²) in [6.45, 7) is 2.85. The van der Waals surface area contributed by atoms with Gasteiger partial charge in [-0.05, 0) is 37.8 Å². The Kier molecular flexibility index (Phi) is 4.24. The Morgan fingerprint density at radius 2 is 2.10 bits per heavy atom. The predicted molar refractivity (Wildman–Crippen MR) is 81.5 cm³/mol. The van der Waals surface area contributed by atoms with Crippen LogP contribution in [0.15, 0.2) is 18.3 Å². The number of nitrogens with one attached hydrogen (secondary N) is 1. The van der Waals surface area contributed by atoms with Gasteiger partial charge in [0.2, 0.25) is 0 Å². The van der Waals surface area contributed by atoms with E-state index in [1.54, 1.807) is 11.1 Å². The van der Waals surface area contributed by atoms with Crippen molar-refractivity contribution in [2.75, 3.05) is 36.5 Å². The van der Waals surface area contributed by atoms with Crippen LogP contribution in [0.1, 0.15) is 25.7 Å². The fraction of sp³-hybridized carbons (Fsp3) is 0.600. The van der Waals surface area contributed by atoms with E-state index in [1.807, 2.05) is 12.1 Å². The van der Waals surface area contributed by atoms with Gasteiger partial charge in [-0.25, -0.2) is 9.78 Å². The topological polar surface area (TPSA) is 68.7 Å². The molecule has 1 aromatic heterocycles. The van der Waals surface area contributed by atoms with E-state index in [2.05, 4.69) is 15.2 Å². The van der Waals surface area contributed by atoms with E-state index >= 15 is 0 Å². The molecule has 6 nitrogen and oxygen atoms in total. The number of nitrogens with zero attached hydrogens (tertiary/aromatic N) is 3. The number of urea groups is 1. The molecule has 0 aliphatic carbocycles. The summed E-state index contributed by atoms with van der Waals surface area (Å²) >= 11 is 0. The van der Waals surface area contributed by atoms with E-state index in [0.29, 0.717) is 12.2 Å². The van der Waals surface area contributed by atoms with Crippen LogP contribution < -0.4 is 10.2 Å². The van der Waals surface area contributed by atoms with Crippen LogP contribution in [0.4, 0.5) is 16.3 Å².